The van der Waals surface area contributed by atoms with Crippen LogP contribution in [0.3, 0.4) is 0 Å². The highest BCUT2D eigenvalue weighted by molar-refractivity contribution is 5.14. The molecule has 0 amide bonds. The summed E-state index contributed by atoms with van der Waals surface area (Å²) in [6.45, 7) is 2.30. The van der Waals surface area contributed by atoms with Crippen LogP contribution >= 0.6 is 0 Å². The van der Waals surface area contributed by atoms with Crippen molar-refractivity contribution in [3.63, 3.8) is 0 Å². The van der Waals surface area contributed by atoms with Crippen molar-refractivity contribution in [2.45, 2.75) is 13.3 Å². The second-order valence-corrected chi connectivity index (χ2v) is 3.19. The Balaban J connectivity index is 1.80. The molecule has 0 N–H and O–H groups in total. The van der Waals surface area contributed by atoms with Crippen LogP contribution in [-0.2, 0) is 6.42 Å². The molecule has 0 aliphatic carbocycles. The zero-order chi connectivity index (χ0) is 10.5. The summed E-state index contributed by atoms with van der Waals surface area (Å²) >= 11 is 0. The third-order valence-corrected chi connectivity index (χ3v) is 1.97. The lowest BCUT2D eigenvalue weighted by atomic mass is 10.2. The van der Waals surface area contributed by atoms with E-state index in [1.54, 1.807) is 6.92 Å². The molecule has 0 spiro atoms. The van der Waals surface area contributed by atoms with Crippen molar-refractivity contribution in [2.24, 2.45) is 0 Å². The van der Waals surface area contributed by atoms with Crippen molar-refractivity contribution >= 4 is 0 Å². The highest BCUT2D eigenvalue weighted by Gasteiger charge is 2.02. The Morgan fingerprint density at radius 2 is 2.07 bits per heavy atom. The number of hydrogen-bond donors (Lipinski definition) is 0. The minimum absolute atomic E-state index is 0.239. The molecule has 1 heterocycles. The Hall–Kier alpha value is -1.84. The molecule has 78 valence electrons. The van der Waals surface area contributed by atoms with Gasteiger partial charge in [0.05, 0.1) is 6.61 Å². The fourth-order valence-corrected chi connectivity index (χ4v) is 1.24. The van der Waals surface area contributed by atoms with Crippen LogP contribution in [0.25, 0.3) is 0 Å². The summed E-state index contributed by atoms with van der Waals surface area (Å²) in [6, 6.07) is 10.1. The summed E-state index contributed by atoms with van der Waals surface area (Å²) < 4.78 is 10.1. The van der Waals surface area contributed by atoms with E-state index >= 15 is 0 Å². The van der Waals surface area contributed by atoms with Gasteiger partial charge in [-0.2, -0.15) is 4.98 Å². The van der Waals surface area contributed by atoms with E-state index in [9.17, 15) is 0 Å². The van der Waals surface area contributed by atoms with Crippen LogP contribution in [0.15, 0.2) is 34.9 Å². The van der Waals surface area contributed by atoms with Crippen molar-refractivity contribution < 1.29 is 9.26 Å². The number of hydrogen-bond acceptors (Lipinski definition) is 4. The molecule has 0 bridgehead atoms. The number of rotatable bonds is 4. The quantitative estimate of drug-likeness (QED) is 0.764. The zero-order valence-electron chi connectivity index (χ0n) is 8.51. The maximum Gasteiger partial charge on any atom is 0.417 e. The molecule has 2 aromatic rings. The first-order valence-electron chi connectivity index (χ1n) is 4.81. The number of aryl methyl sites for hydroxylation is 1. The van der Waals surface area contributed by atoms with Gasteiger partial charge < -0.3 is 4.74 Å². The summed E-state index contributed by atoms with van der Waals surface area (Å²) in [5.41, 5.74) is 1.23. The van der Waals surface area contributed by atoms with E-state index in [1.807, 2.05) is 18.2 Å². The summed E-state index contributed by atoms with van der Waals surface area (Å²) in [5, 5.41) is 3.63. The number of ether oxygens (including phenoxy) is 1. The number of benzene rings is 1. The lowest BCUT2D eigenvalue weighted by molar-refractivity contribution is 0.206. The van der Waals surface area contributed by atoms with E-state index in [4.69, 9.17) is 9.26 Å². The van der Waals surface area contributed by atoms with E-state index in [1.165, 1.54) is 5.56 Å². The molecule has 0 atom stereocenters. The van der Waals surface area contributed by atoms with Gasteiger partial charge in [-0.3, -0.25) is 4.52 Å². The Labute approximate surface area is 87.9 Å². The smallest absolute Gasteiger partial charge is 0.417 e. The first-order valence-corrected chi connectivity index (χ1v) is 4.81. The lowest BCUT2D eigenvalue weighted by Crippen LogP contribution is -2.01. The number of nitrogens with zero attached hydrogens (tertiary/aromatic N) is 2. The van der Waals surface area contributed by atoms with Crippen LogP contribution in [0.5, 0.6) is 6.08 Å². The average Bonchev–Trinajstić information content (AvgIpc) is 2.66. The van der Waals surface area contributed by atoms with Gasteiger partial charge in [-0.15, -0.1) is 0 Å². The van der Waals surface area contributed by atoms with Gasteiger partial charge in [0.25, 0.3) is 0 Å². The van der Waals surface area contributed by atoms with Crippen LogP contribution in [0.2, 0.25) is 0 Å². The van der Waals surface area contributed by atoms with Crippen LogP contribution in [0.1, 0.15) is 11.4 Å². The van der Waals surface area contributed by atoms with Crippen molar-refractivity contribution in [3.8, 4) is 6.08 Å². The second-order valence-electron chi connectivity index (χ2n) is 3.19. The molecule has 15 heavy (non-hydrogen) atoms. The highest BCUT2D eigenvalue weighted by Crippen LogP contribution is 2.06. The third-order valence-electron chi connectivity index (χ3n) is 1.97. The van der Waals surface area contributed by atoms with Crippen LogP contribution < -0.4 is 4.74 Å². The molecule has 0 aliphatic heterocycles. The molecule has 0 aliphatic rings. The average molecular weight is 204 g/mol. The molecule has 4 heteroatoms. The first-order chi connectivity index (χ1) is 7.34. The summed E-state index contributed by atoms with van der Waals surface area (Å²) in [5.74, 6) is 0.588. The number of aromatic nitrogens is 2. The fourth-order valence-electron chi connectivity index (χ4n) is 1.24. The fraction of sp³-hybridized carbons (Fsp3) is 0.273. The molecule has 1 aromatic heterocycles. The molecule has 0 unspecified atom stereocenters. The van der Waals surface area contributed by atoms with Gasteiger partial charge in [0.15, 0.2) is 5.82 Å². The molecular weight excluding hydrogens is 192 g/mol. The normalized spacial score (nSPS) is 10.2. The Bertz CT molecular complexity index is 412. The van der Waals surface area contributed by atoms with Crippen LogP contribution in [0.4, 0.5) is 0 Å². The van der Waals surface area contributed by atoms with Gasteiger partial charge in [0, 0.05) is 6.42 Å². The molecule has 0 saturated heterocycles. The van der Waals surface area contributed by atoms with E-state index in [0.29, 0.717) is 12.4 Å². The largest absolute Gasteiger partial charge is 0.449 e. The van der Waals surface area contributed by atoms with E-state index < -0.39 is 0 Å². The topological polar surface area (TPSA) is 48.2 Å². The van der Waals surface area contributed by atoms with Crippen LogP contribution in [0, 0.1) is 6.92 Å². The predicted octanol–water partition coefficient (Wildman–Crippen LogP) is 2.00. The minimum atomic E-state index is 0.239. The van der Waals surface area contributed by atoms with Gasteiger partial charge in [0.2, 0.25) is 0 Å². The van der Waals surface area contributed by atoms with E-state index in [-0.39, 0.29) is 6.08 Å². The molecular formula is C11H12N2O2. The first kappa shape index (κ1) is 9.71. The van der Waals surface area contributed by atoms with Gasteiger partial charge in [-0.25, -0.2) is 0 Å². The molecule has 0 saturated carbocycles. The van der Waals surface area contributed by atoms with Gasteiger partial charge in [-0.1, -0.05) is 35.5 Å². The monoisotopic (exact) mass is 204 g/mol. The Morgan fingerprint density at radius 1 is 1.27 bits per heavy atom. The van der Waals surface area contributed by atoms with Crippen molar-refractivity contribution in [1.29, 1.82) is 0 Å². The highest BCUT2D eigenvalue weighted by atomic mass is 16.6. The van der Waals surface area contributed by atoms with E-state index in [2.05, 4.69) is 22.3 Å². The van der Waals surface area contributed by atoms with Crippen LogP contribution in [-0.4, -0.2) is 16.7 Å². The van der Waals surface area contributed by atoms with Gasteiger partial charge in [-0.05, 0) is 12.5 Å². The summed E-state index contributed by atoms with van der Waals surface area (Å²) in [7, 11) is 0. The zero-order valence-corrected chi connectivity index (χ0v) is 8.51. The van der Waals surface area contributed by atoms with Gasteiger partial charge in [0.1, 0.15) is 0 Å². The van der Waals surface area contributed by atoms with Crippen molar-refractivity contribution in [1.82, 2.24) is 10.1 Å². The molecule has 2 rings (SSSR count). The summed E-state index contributed by atoms with van der Waals surface area (Å²) in [4.78, 5) is 3.94. The standard InChI is InChI=1S/C11H12N2O2/c1-9-12-11(15-13-9)14-8-7-10-5-3-2-4-6-10/h2-6H,7-8H2,1H3. The van der Waals surface area contributed by atoms with E-state index in [0.717, 1.165) is 6.42 Å². The second kappa shape index (κ2) is 4.59. The Morgan fingerprint density at radius 3 is 2.73 bits per heavy atom. The molecule has 0 radical (unpaired) electrons. The third kappa shape index (κ3) is 2.80. The summed E-state index contributed by atoms with van der Waals surface area (Å²) in [6.07, 6.45) is 1.07. The maximum absolute atomic E-state index is 5.29. The van der Waals surface area contributed by atoms with Crippen molar-refractivity contribution in [3.05, 3.63) is 41.7 Å². The predicted molar refractivity (Wildman–Crippen MR) is 54.7 cm³/mol. The Kier molecular flexibility index (Phi) is 2.97. The lowest BCUT2D eigenvalue weighted by Gasteiger charge is -2.00. The molecule has 1 aromatic carbocycles. The van der Waals surface area contributed by atoms with Gasteiger partial charge >= 0.3 is 6.08 Å². The molecule has 0 fully saturated rings. The molecule has 4 nitrogen and oxygen atoms in total. The SMILES string of the molecule is Cc1noc(OCCc2ccccc2)n1. The maximum atomic E-state index is 5.29. The minimum Gasteiger partial charge on any atom is -0.449 e. The van der Waals surface area contributed by atoms with Crippen molar-refractivity contribution in [2.75, 3.05) is 6.61 Å².